The highest BCUT2D eigenvalue weighted by Gasteiger charge is 2.25. The molecule has 0 aliphatic heterocycles. The van der Waals surface area contributed by atoms with Gasteiger partial charge in [-0.15, -0.1) is 0 Å². The van der Waals surface area contributed by atoms with Crippen LogP contribution in [0.5, 0.6) is 0 Å². The lowest BCUT2D eigenvalue weighted by atomic mass is 9.87. The van der Waals surface area contributed by atoms with E-state index in [0.717, 1.165) is 143 Å². The first-order valence-electron chi connectivity index (χ1n) is 21.6. The minimum absolute atomic E-state index is 0.825. The summed E-state index contributed by atoms with van der Waals surface area (Å²) in [6, 6.07) is 72.6. The molecule has 0 radical (unpaired) electrons. The Morgan fingerprint density at radius 3 is 0.922 bits per heavy atom. The molecule has 0 bridgehead atoms. The Kier molecular flexibility index (Phi) is 7.36. The van der Waals surface area contributed by atoms with Gasteiger partial charge in [0.25, 0.3) is 0 Å². The quantitative estimate of drug-likeness (QED) is 0.174. The number of para-hydroxylation sites is 4. The Morgan fingerprint density at radius 1 is 0.203 bits per heavy atom. The van der Waals surface area contributed by atoms with Gasteiger partial charge in [-0.25, -0.2) is 0 Å². The largest absolute Gasteiger partial charge is 0.456 e. The van der Waals surface area contributed by atoms with Crippen LogP contribution >= 0.6 is 0 Å². The summed E-state index contributed by atoms with van der Waals surface area (Å²) in [5.74, 6) is 0. The molecule has 0 aliphatic rings. The monoisotopic (exact) mass is 818 g/mol. The van der Waals surface area contributed by atoms with E-state index in [1.54, 1.807) is 0 Å². The van der Waals surface area contributed by atoms with Crippen LogP contribution in [0.4, 0.5) is 0 Å². The molecule has 14 rings (SSSR count). The molecule has 0 aliphatic carbocycles. The second-order valence-electron chi connectivity index (χ2n) is 16.7. The van der Waals surface area contributed by atoms with Gasteiger partial charge in [-0.2, -0.15) is 0 Å². The van der Waals surface area contributed by atoms with Crippen molar-refractivity contribution in [2.24, 2.45) is 0 Å². The number of benzene rings is 10. The van der Waals surface area contributed by atoms with Gasteiger partial charge in [-0.3, -0.25) is 0 Å². The number of rotatable bonds is 5. The van der Waals surface area contributed by atoms with Crippen LogP contribution in [0.2, 0.25) is 0 Å². The van der Waals surface area contributed by atoms with E-state index in [0.29, 0.717) is 0 Å². The molecular formula is C60H34O4. The normalized spacial score (nSPS) is 12.1. The van der Waals surface area contributed by atoms with Crippen LogP contribution < -0.4 is 0 Å². The minimum atomic E-state index is 0.825. The van der Waals surface area contributed by atoms with Gasteiger partial charge in [0.05, 0.1) is 0 Å². The Bertz CT molecular complexity index is 3890. The van der Waals surface area contributed by atoms with Crippen molar-refractivity contribution in [3.05, 3.63) is 206 Å². The lowest BCUT2D eigenvalue weighted by molar-refractivity contribution is 0.664. The summed E-state index contributed by atoms with van der Waals surface area (Å²) in [5, 5.41) is 8.30. The Labute approximate surface area is 365 Å². The van der Waals surface area contributed by atoms with Gasteiger partial charge in [0.15, 0.2) is 0 Å². The maximum atomic E-state index is 6.88. The van der Waals surface area contributed by atoms with Gasteiger partial charge in [0.1, 0.15) is 44.7 Å². The fourth-order valence-electron chi connectivity index (χ4n) is 10.1. The third-order valence-electron chi connectivity index (χ3n) is 13.0. The topological polar surface area (TPSA) is 52.6 Å². The molecule has 0 fully saturated rings. The standard InChI is InChI=1S/C60H34O4/c1-3-15-35(16-4-1)37-27-39(31-41(29-37)55-57-45-21-9-13-25-51(45)61-53(57)33-47-43-19-7-11-23-49(43)63-59(47)55)40-28-38(36-17-5-2-6-18-36)30-42(32-40)56-58-46-22-10-14-26-52(46)62-54(58)34-48-44-20-8-12-24-50(44)64-60(48)56/h1-34H. The highest BCUT2D eigenvalue weighted by molar-refractivity contribution is 6.25. The SMILES string of the molecule is c1ccc(-c2cc(-c3cc(-c4ccccc4)cc(-c4c5oc6ccccc6c5cc5oc6ccccc6c45)c3)cc(-c3c4oc5ccccc5c4cc4oc5ccccc5c34)c2)cc1. The van der Waals surface area contributed by atoms with Gasteiger partial charge in [-0.05, 0) is 117 Å². The summed E-state index contributed by atoms with van der Waals surface area (Å²) >= 11 is 0. The number of hydrogen-bond donors (Lipinski definition) is 0. The van der Waals surface area contributed by atoms with Crippen LogP contribution in [0.15, 0.2) is 224 Å². The maximum Gasteiger partial charge on any atom is 0.144 e. The Morgan fingerprint density at radius 2 is 0.516 bits per heavy atom. The molecular weight excluding hydrogens is 785 g/mol. The fraction of sp³-hybridized carbons (Fsp3) is 0. The van der Waals surface area contributed by atoms with Crippen LogP contribution in [0.25, 0.3) is 143 Å². The predicted molar refractivity (Wildman–Crippen MR) is 263 cm³/mol. The predicted octanol–water partition coefficient (Wildman–Crippen LogP) is 17.6. The van der Waals surface area contributed by atoms with Gasteiger partial charge in [0, 0.05) is 54.2 Å². The number of fused-ring (bicyclic) bond motifs is 12. The second-order valence-corrected chi connectivity index (χ2v) is 16.7. The molecule has 4 nitrogen and oxygen atoms in total. The van der Waals surface area contributed by atoms with E-state index >= 15 is 0 Å². The van der Waals surface area contributed by atoms with Gasteiger partial charge in [-0.1, -0.05) is 133 Å². The summed E-state index contributed by atoms with van der Waals surface area (Å²) in [4.78, 5) is 0. The van der Waals surface area contributed by atoms with Crippen molar-refractivity contribution in [2.75, 3.05) is 0 Å². The number of hydrogen-bond acceptors (Lipinski definition) is 4. The first kappa shape index (κ1) is 35.0. The summed E-state index contributed by atoms with van der Waals surface area (Å²) in [7, 11) is 0. The Hall–Kier alpha value is -8.60. The van der Waals surface area contributed by atoms with Crippen molar-refractivity contribution in [3.63, 3.8) is 0 Å². The van der Waals surface area contributed by atoms with E-state index in [4.69, 9.17) is 17.7 Å². The minimum Gasteiger partial charge on any atom is -0.456 e. The first-order chi connectivity index (χ1) is 31.7. The second kappa shape index (κ2) is 13.4. The Balaban J connectivity index is 1.11. The molecule has 4 heteroatoms. The third kappa shape index (κ3) is 5.23. The summed E-state index contributed by atoms with van der Waals surface area (Å²) in [6.45, 7) is 0. The van der Waals surface area contributed by atoms with Gasteiger partial charge >= 0.3 is 0 Å². The fourth-order valence-corrected chi connectivity index (χ4v) is 10.1. The molecule has 64 heavy (non-hydrogen) atoms. The zero-order valence-corrected chi connectivity index (χ0v) is 34.3. The zero-order chi connectivity index (χ0) is 41.9. The molecule has 0 saturated carbocycles. The van der Waals surface area contributed by atoms with E-state index in [1.807, 2.05) is 48.5 Å². The molecule has 0 spiro atoms. The molecule has 298 valence electrons. The maximum absolute atomic E-state index is 6.88. The van der Waals surface area contributed by atoms with Crippen LogP contribution in [-0.4, -0.2) is 0 Å². The van der Waals surface area contributed by atoms with E-state index in [-0.39, 0.29) is 0 Å². The molecule has 0 saturated heterocycles. The van der Waals surface area contributed by atoms with Crippen molar-refractivity contribution in [1.29, 1.82) is 0 Å². The highest BCUT2D eigenvalue weighted by atomic mass is 16.3. The first-order valence-corrected chi connectivity index (χ1v) is 21.6. The number of furan rings is 4. The molecule has 10 aromatic carbocycles. The third-order valence-corrected chi connectivity index (χ3v) is 13.0. The van der Waals surface area contributed by atoms with Crippen molar-refractivity contribution in [3.8, 4) is 55.6 Å². The summed E-state index contributed by atoms with van der Waals surface area (Å²) < 4.78 is 27.1. The highest BCUT2D eigenvalue weighted by Crippen LogP contribution is 2.49. The van der Waals surface area contributed by atoms with Crippen molar-refractivity contribution in [2.45, 2.75) is 0 Å². The van der Waals surface area contributed by atoms with Crippen LogP contribution in [0.1, 0.15) is 0 Å². The molecule has 0 unspecified atom stereocenters. The summed E-state index contributed by atoms with van der Waals surface area (Å²) in [5.41, 5.74) is 17.3. The van der Waals surface area contributed by atoms with Crippen molar-refractivity contribution < 1.29 is 17.7 Å². The molecule has 4 heterocycles. The van der Waals surface area contributed by atoms with Gasteiger partial charge in [0.2, 0.25) is 0 Å². The van der Waals surface area contributed by atoms with Crippen molar-refractivity contribution in [1.82, 2.24) is 0 Å². The van der Waals surface area contributed by atoms with Crippen LogP contribution in [0, 0.1) is 0 Å². The van der Waals surface area contributed by atoms with E-state index in [2.05, 4.69) is 158 Å². The molecule has 4 aromatic heterocycles. The zero-order valence-electron chi connectivity index (χ0n) is 34.3. The van der Waals surface area contributed by atoms with Crippen LogP contribution in [-0.2, 0) is 0 Å². The van der Waals surface area contributed by atoms with E-state index in [9.17, 15) is 0 Å². The van der Waals surface area contributed by atoms with E-state index < -0.39 is 0 Å². The van der Waals surface area contributed by atoms with Crippen LogP contribution in [0.3, 0.4) is 0 Å². The van der Waals surface area contributed by atoms with Gasteiger partial charge < -0.3 is 17.7 Å². The smallest absolute Gasteiger partial charge is 0.144 e. The average molecular weight is 819 g/mol. The lowest BCUT2D eigenvalue weighted by Gasteiger charge is -2.16. The average Bonchev–Trinajstić information content (AvgIpc) is 4.13. The van der Waals surface area contributed by atoms with Crippen molar-refractivity contribution >= 4 is 87.8 Å². The lowest BCUT2D eigenvalue weighted by Crippen LogP contribution is -1.90. The van der Waals surface area contributed by atoms with E-state index in [1.165, 1.54) is 0 Å². The molecule has 14 aromatic rings. The molecule has 0 amide bonds. The molecule has 0 N–H and O–H groups in total. The molecule has 0 atom stereocenters. The summed E-state index contributed by atoms with van der Waals surface area (Å²) in [6.07, 6.45) is 0.